The maximum Gasteiger partial charge on any atom is 0.238 e. The molecule has 0 radical (unpaired) electrons. The van der Waals surface area contributed by atoms with Gasteiger partial charge in [-0.15, -0.1) is 23.7 Å². The van der Waals surface area contributed by atoms with Gasteiger partial charge in [-0.25, -0.2) is 13.6 Å². The molecule has 0 atom stereocenters. The van der Waals surface area contributed by atoms with Gasteiger partial charge in [-0.2, -0.15) is 0 Å². The fourth-order valence-electron chi connectivity index (χ4n) is 2.86. The van der Waals surface area contributed by atoms with E-state index >= 15 is 0 Å². The lowest BCUT2D eigenvalue weighted by Gasteiger charge is -2.14. The average Bonchev–Trinajstić information content (AvgIpc) is 3.23. The highest BCUT2D eigenvalue weighted by Crippen LogP contribution is 2.37. The van der Waals surface area contributed by atoms with Crippen molar-refractivity contribution >= 4 is 45.4 Å². The Morgan fingerprint density at radius 3 is 2.48 bits per heavy atom. The summed E-state index contributed by atoms with van der Waals surface area (Å²) >= 11 is 8.05. The molecule has 0 aliphatic carbocycles. The number of hydrogen-bond acceptors (Lipinski definition) is 6. The predicted molar refractivity (Wildman–Crippen MR) is 127 cm³/mol. The standard InChI is InChI=1S/C21H23ClN2O4S2.ClH/c1-27-20-12-16(11-19(22)21(20)28-14-17-3-2-10-29-17)13-24-9-8-15-4-6-18(7-5-15)30(23,25)26;/h2-7,10-12,24H,8-9,13-14H2,1H3,(H2,23,25,26);1H. The number of nitrogens with two attached hydrogens (primary N) is 1. The Morgan fingerprint density at radius 2 is 1.87 bits per heavy atom. The van der Waals surface area contributed by atoms with E-state index in [-0.39, 0.29) is 17.3 Å². The van der Waals surface area contributed by atoms with Crippen LogP contribution in [-0.4, -0.2) is 22.1 Å². The largest absolute Gasteiger partial charge is 0.493 e. The molecule has 2 aromatic carbocycles. The number of benzene rings is 2. The first-order valence-corrected chi connectivity index (χ1v) is 12.0. The van der Waals surface area contributed by atoms with Crippen LogP contribution in [0, 0.1) is 0 Å². The molecule has 31 heavy (non-hydrogen) atoms. The van der Waals surface area contributed by atoms with Gasteiger partial charge in [-0.1, -0.05) is 29.8 Å². The molecular formula is C21H24Cl2N2O4S2. The molecule has 10 heteroatoms. The van der Waals surface area contributed by atoms with E-state index in [1.165, 1.54) is 12.1 Å². The van der Waals surface area contributed by atoms with Crippen LogP contribution < -0.4 is 19.9 Å². The third-order valence-corrected chi connectivity index (χ3v) is 6.46. The molecular weight excluding hydrogens is 479 g/mol. The lowest BCUT2D eigenvalue weighted by molar-refractivity contribution is 0.287. The normalized spacial score (nSPS) is 11.1. The number of ether oxygens (including phenoxy) is 2. The second-order valence-corrected chi connectivity index (χ2v) is 9.59. The van der Waals surface area contributed by atoms with E-state index in [2.05, 4.69) is 5.32 Å². The van der Waals surface area contributed by atoms with Crippen LogP contribution in [0.4, 0.5) is 0 Å². The zero-order chi connectivity index (χ0) is 21.6. The van der Waals surface area contributed by atoms with Crippen molar-refractivity contribution in [3.8, 4) is 11.5 Å². The van der Waals surface area contributed by atoms with Gasteiger partial charge < -0.3 is 14.8 Å². The van der Waals surface area contributed by atoms with Gasteiger partial charge in [0.1, 0.15) is 6.61 Å². The van der Waals surface area contributed by atoms with E-state index in [1.54, 1.807) is 30.6 Å². The summed E-state index contributed by atoms with van der Waals surface area (Å²) < 4.78 is 33.9. The van der Waals surface area contributed by atoms with Gasteiger partial charge in [0, 0.05) is 11.4 Å². The van der Waals surface area contributed by atoms with Crippen molar-refractivity contribution in [3.63, 3.8) is 0 Å². The summed E-state index contributed by atoms with van der Waals surface area (Å²) in [6.45, 7) is 1.76. The molecule has 0 fully saturated rings. The molecule has 0 aliphatic rings. The van der Waals surface area contributed by atoms with Crippen LogP contribution in [0.5, 0.6) is 11.5 Å². The molecule has 3 N–H and O–H groups in total. The number of nitrogens with one attached hydrogen (secondary N) is 1. The Morgan fingerprint density at radius 1 is 1.13 bits per heavy atom. The molecule has 168 valence electrons. The van der Waals surface area contributed by atoms with Crippen LogP contribution in [0.2, 0.25) is 5.02 Å². The monoisotopic (exact) mass is 502 g/mol. The van der Waals surface area contributed by atoms with Gasteiger partial charge in [-0.05, 0) is 59.8 Å². The van der Waals surface area contributed by atoms with Crippen LogP contribution >= 0.6 is 35.3 Å². The molecule has 0 saturated heterocycles. The molecule has 1 aromatic heterocycles. The first-order valence-electron chi connectivity index (χ1n) is 9.21. The second kappa shape index (κ2) is 11.7. The first-order chi connectivity index (χ1) is 14.4. The van der Waals surface area contributed by atoms with Crippen molar-refractivity contribution in [1.29, 1.82) is 0 Å². The van der Waals surface area contributed by atoms with Gasteiger partial charge in [-0.3, -0.25) is 0 Å². The van der Waals surface area contributed by atoms with Crippen LogP contribution in [0.1, 0.15) is 16.0 Å². The van der Waals surface area contributed by atoms with Crippen LogP contribution in [0.15, 0.2) is 58.8 Å². The number of thiophene rings is 1. The SMILES string of the molecule is COc1cc(CNCCc2ccc(S(N)(=O)=O)cc2)cc(Cl)c1OCc1cccs1.Cl. The quantitative estimate of drug-likeness (QED) is 0.401. The van der Waals surface area contributed by atoms with Crippen LogP contribution in [0.3, 0.4) is 0 Å². The van der Waals surface area contributed by atoms with Gasteiger partial charge in [0.25, 0.3) is 0 Å². The van der Waals surface area contributed by atoms with Gasteiger partial charge in [0.2, 0.25) is 10.0 Å². The Bertz CT molecular complexity index is 1070. The third-order valence-electron chi connectivity index (χ3n) is 4.40. The van der Waals surface area contributed by atoms with E-state index in [0.717, 1.165) is 22.4 Å². The van der Waals surface area contributed by atoms with Crippen molar-refractivity contribution < 1.29 is 17.9 Å². The van der Waals surface area contributed by atoms with Crippen molar-refractivity contribution in [3.05, 3.63) is 74.9 Å². The summed E-state index contributed by atoms with van der Waals surface area (Å²) in [4.78, 5) is 1.22. The molecule has 0 bridgehead atoms. The van der Waals surface area contributed by atoms with Gasteiger partial charge >= 0.3 is 0 Å². The van der Waals surface area contributed by atoms with Crippen molar-refractivity contribution in [2.75, 3.05) is 13.7 Å². The summed E-state index contributed by atoms with van der Waals surface area (Å²) in [6, 6.07) is 14.3. The molecule has 0 aliphatic heterocycles. The predicted octanol–water partition coefficient (Wildman–Crippen LogP) is 4.39. The molecule has 0 spiro atoms. The third kappa shape index (κ3) is 7.38. The van der Waals surface area contributed by atoms with Crippen molar-refractivity contribution in [2.24, 2.45) is 5.14 Å². The molecule has 0 unspecified atom stereocenters. The smallest absolute Gasteiger partial charge is 0.238 e. The van der Waals surface area contributed by atoms with Crippen LogP contribution in [-0.2, 0) is 29.6 Å². The highest BCUT2D eigenvalue weighted by molar-refractivity contribution is 7.89. The summed E-state index contributed by atoms with van der Waals surface area (Å²) in [5.41, 5.74) is 1.99. The Hall–Kier alpha value is -1.81. The fourth-order valence-corrected chi connectivity index (χ4v) is 4.28. The summed E-state index contributed by atoms with van der Waals surface area (Å²) in [5.74, 6) is 1.13. The molecule has 6 nitrogen and oxygen atoms in total. The molecule has 0 amide bonds. The van der Waals surface area contributed by atoms with E-state index in [1.807, 2.05) is 29.6 Å². The Kier molecular flexibility index (Phi) is 9.61. The number of primary sulfonamides is 1. The topological polar surface area (TPSA) is 90.6 Å². The van der Waals surface area contributed by atoms with E-state index in [0.29, 0.717) is 36.2 Å². The van der Waals surface area contributed by atoms with Gasteiger partial charge in [0.05, 0.1) is 17.0 Å². The number of sulfonamides is 1. The minimum Gasteiger partial charge on any atom is -0.493 e. The summed E-state index contributed by atoms with van der Waals surface area (Å²) in [5, 5.41) is 11.0. The summed E-state index contributed by atoms with van der Waals surface area (Å²) in [7, 11) is -2.07. The zero-order valence-electron chi connectivity index (χ0n) is 16.8. The number of halogens is 2. The highest BCUT2D eigenvalue weighted by Gasteiger charge is 2.13. The minimum atomic E-state index is -3.66. The van der Waals surface area contributed by atoms with E-state index in [9.17, 15) is 8.42 Å². The molecule has 3 aromatic rings. The average molecular weight is 503 g/mol. The second-order valence-electron chi connectivity index (χ2n) is 6.59. The summed E-state index contributed by atoms with van der Waals surface area (Å²) in [6.07, 6.45) is 0.748. The fraction of sp³-hybridized carbons (Fsp3) is 0.238. The van der Waals surface area contributed by atoms with Crippen LogP contribution in [0.25, 0.3) is 0 Å². The highest BCUT2D eigenvalue weighted by atomic mass is 35.5. The lowest BCUT2D eigenvalue weighted by atomic mass is 10.1. The van der Waals surface area contributed by atoms with E-state index in [4.69, 9.17) is 26.2 Å². The minimum absolute atomic E-state index is 0. The maximum absolute atomic E-state index is 11.3. The maximum atomic E-state index is 11.3. The molecule has 3 rings (SSSR count). The Labute approximate surface area is 197 Å². The van der Waals surface area contributed by atoms with Gasteiger partial charge in [0.15, 0.2) is 11.5 Å². The van der Waals surface area contributed by atoms with E-state index < -0.39 is 10.0 Å². The first kappa shape index (κ1) is 25.5. The number of hydrogen-bond donors (Lipinski definition) is 2. The van der Waals surface area contributed by atoms with Crippen molar-refractivity contribution in [1.82, 2.24) is 5.32 Å². The lowest BCUT2D eigenvalue weighted by Crippen LogP contribution is -2.17. The zero-order valence-corrected chi connectivity index (χ0v) is 20.0. The molecule has 0 saturated carbocycles. The Balaban J connectivity index is 0.00000341. The van der Waals surface area contributed by atoms with Crippen molar-refractivity contribution in [2.45, 2.75) is 24.5 Å². The molecule has 1 heterocycles. The number of methoxy groups -OCH3 is 1. The number of rotatable bonds is 10.